The number of hydrogen-bond acceptors (Lipinski definition) is 6. The van der Waals surface area contributed by atoms with Crippen LogP contribution in [0, 0.1) is 41.1 Å². The Morgan fingerprint density at radius 3 is 2.48 bits per heavy atom. The van der Waals surface area contributed by atoms with Gasteiger partial charge in [-0.15, -0.1) is 0 Å². The van der Waals surface area contributed by atoms with Crippen LogP contribution in [0.3, 0.4) is 0 Å². The van der Waals surface area contributed by atoms with Crippen LogP contribution < -0.4 is 5.32 Å². The summed E-state index contributed by atoms with van der Waals surface area (Å²) in [6.07, 6.45) is 3.87. The summed E-state index contributed by atoms with van der Waals surface area (Å²) in [7, 11) is 0. The molecule has 11 heteroatoms. The van der Waals surface area contributed by atoms with Crippen molar-refractivity contribution in [3.63, 3.8) is 0 Å². The summed E-state index contributed by atoms with van der Waals surface area (Å²) in [5, 5.41) is 24.9. The van der Waals surface area contributed by atoms with E-state index >= 15 is 4.39 Å². The molecule has 3 heterocycles. The Bertz CT molecular complexity index is 1710. The number of non-ortho nitro benzene ring substituents is 1. The Morgan fingerprint density at radius 2 is 1.85 bits per heavy atom. The fraction of sp³-hybridized carbons (Fsp3) is 0.457. The van der Waals surface area contributed by atoms with Crippen LogP contribution in [-0.2, 0) is 4.79 Å². The van der Waals surface area contributed by atoms with Gasteiger partial charge in [-0.1, -0.05) is 26.0 Å². The normalized spacial score (nSPS) is 16.7. The summed E-state index contributed by atoms with van der Waals surface area (Å²) < 4.78 is 15.1. The van der Waals surface area contributed by atoms with Crippen molar-refractivity contribution < 1.29 is 24.0 Å². The number of fused-ring (bicyclic) bond motifs is 1. The molecule has 0 bridgehead atoms. The number of nitrogens with zero attached hydrogens (tertiary/aromatic N) is 4. The highest BCUT2D eigenvalue weighted by Gasteiger charge is 2.36. The number of aryl methyl sites for hydroxylation is 2. The minimum atomic E-state index is -0.881. The van der Waals surface area contributed by atoms with E-state index in [-0.39, 0.29) is 28.1 Å². The van der Waals surface area contributed by atoms with Crippen LogP contribution in [0.25, 0.3) is 16.5 Å². The molecule has 5 rings (SSSR count). The SMILES string of the molecule is Cc1cc(N[C@H](C)c2cc([N+](=O)[O-])cc(C)c2F)c2cc(C3=CCN(C(=O)CC(C)(C)C4CCN(C(=O)O)CC4)CC3)ccc2n1. The van der Waals surface area contributed by atoms with Gasteiger partial charge in [-0.05, 0) is 86.3 Å². The van der Waals surface area contributed by atoms with Crippen molar-refractivity contribution in [2.24, 2.45) is 11.3 Å². The van der Waals surface area contributed by atoms with E-state index in [1.807, 2.05) is 30.0 Å². The van der Waals surface area contributed by atoms with Crippen LogP contribution in [-0.4, -0.2) is 63.0 Å². The van der Waals surface area contributed by atoms with Crippen LogP contribution in [0.2, 0.25) is 0 Å². The number of halogens is 1. The van der Waals surface area contributed by atoms with Gasteiger partial charge in [0, 0.05) is 67.1 Å². The third-order valence-electron chi connectivity index (χ3n) is 9.66. The zero-order valence-electron chi connectivity index (χ0n) is 27.1. The monoisotopic (exact) mass is 631 g/mol. The molecule has 0 spiro atoms. The van der Waals surface area contributed by atoms with Crippen molar-refractivity contribution in [2.45, 2.75) is 66.3 Å². The number of nitrogens with one attached hydrogen (secondary N) is 1. The molecule has 2 aliphatic rings. The number of carboxylic acid groups (broad SMARTS) is 1. The Hall–Kier alpha value is -4.54. The van der Waals surface area contributed by atoms with Crippen molar-refractivity contribution in [3.05, 3.63) is 80.8 Å². The van der Waals surface area contributed by atoms with E-state index in [1.165, 1.54) is 24.0 Å². The lowest BCUT2D eigenvalue weighted by Crippen LogP contribution is -2.43. The number of nitro groups is 1. The van der Waals surface area contributed by atoms with Gasteiger partial charge in [-0.25, -0.2) is 9.18 Å². The average molecular weight is 632 g/mol. The number of piperidine rings is 1. The third-order valence-corrected chi connectivity index (χ3v) is 9.66. The van der Waals surface area contributed by atoms with E-state index in [0.29, 0.717) is 44.9 Å². The molecule has 244 valence electrons. The second kappa shape index (κ2) is 13.1. The van der Waals surface area contributed by atoms with E-state index in [1.54, 1.807) is 6.92 Å². The van der Waals surface area contributed by atoms with Crippen molar-refractivity contribution in [2.75, 3.05) is 31.5 Å². The molecule has 0 radical (unpaired) electrons. The number of carbonyl (C=O) groups excluding carboxylic acids is 1. The average Bonchev–Trinajstić information content (AvgIpc) is 3.01. The number of pyridine rings is 1. The van der Waals surface area contributed by atoms with Crippen LogP contribution in [0.5, 0.6) is 0 Å². The van der Waals surface area contributed by atoms with E-state index in [9.17, 15) is 24.8 Å². The second-order valence-electron chi connectivity index (χ2n) is 13.4. The number of anilines is 1. The molecule has 0 saturated carbocycles. The van der Waals surface area contributed by atoms with Gasteiger partial charge in [-0.2, -0.15) is 0 Å². The van der Waals surface area contributed by atoms with Gasteiger partial charge in [0.15, 0.2) is 0 Å². The van der Waals surface area contributed by atoms with E-state index in [0.717, 1.165) is 46.3 Å². The number of carbonyl (C=O) groups is 2. The quantitative estimate of drug-likeness (QED) is 0.195. The number of likely N-dealkylation sites (tertiary alicyclic amines) is 1. The molecule has 10 nitrogen and oxygen atoms in total. The van der Waals surface area contributed by atoms with Gasteiger partial charge in [0.05, 0.1) is 16.5 Å². The number of rotatable bonds is 8. The smallest absolute Gasteiger partial charge is 0.407 e. The van der Waals surface area contributed by atoms with Crippen molar-refractivity contribution in [3.8, 4) is 0 Å². The first-order valence-electron chi connectivity index (χ1n) is 15.8. The standard InChI is InChI=1S/C35H42FN5O5/c1-21-16-27(41(45)46)19-28(33(21)36)23(3)38-31-17-22(2)37-30-7-6-25(18-29(30)31)24-8-12-39(13-9-24)32(42)20-35(4,5)26-10-14-40(15-11-26)34(43)44/h6-8,16-19,23,26H,9-15,20H2,1-5H3,(H,37,38)(H,43,44)/t23-/m1/s1. The molecule has 2 aliphatic heterocycles. The van der Waals surface area contributed by atoms with E-state index < -0.39 is 22.9 Å². The maximum absolute atomic E-state index is 15.1. The summed E-state index contributed by atoms with van der Waals surface area (Å²) in [4.78, 5) is 43.6. The molecule has 1 saturated heterocycles. The molecule has 3 aromatic rings. The maximum atomic E-state index is 15.1. The molecule has 1 atom stereocenters. The number of nitro benzene ring substituents is 1. The van der Waals surface area contributed by atoms with E-state index in [4.69, 9.17) is 0 Å². The van der Waals surface area contributed by atoms with E-state index in [2.05, 4.69) is 36.3 Å². The number of amides is 2. The molecule has 46 heavy (non-hydrogen) atoms. The molecule has 1 fully saturated rings. The highest BCUT2D eigenvalue weighted by Crippen LogP contribution is 2.39. The summed E-state index contributed by atoms with van der Waals surface area (Å²) >= 11 is 0. The first kappa shape index (κ1) is 32.8. The molecular formula is C35H42FN5O5. The lowest BCUT2D eigenvalue weighted by molar-refractivity contribution is -0.385. The Morgan fingerprint density at radius 1 is 1.13 bits per heavy atom. The van der Waals surface area contributed by atoms with Gasteiger partial charge in [-0.3, -0.25) is 19.9 Å². The van der Waals surface area contributed by atoms with Crippen LogP contribution in [0.4, 0.5) is 20.6 Å². The minimum absolute atomic E-state index is 0.114. The predicted molar refractivity (Wildman–Crippen MR) is 176 cm³/mol. The zero-order chi connectivity index (χ0) is 33.3. The summed E-state index contributed by atoms with van der Waals surface area (Å²) in [5.41, 5.74) is 4.53. The lowest BCUT2D eigenvalue weighted by atomic mass is 9.71. The number of hydrogen-bond donors (Lipinski definition) is 2. The Kier molecular flexibility index (Phi) is 9.32. The molecule has 0 unspecified atom stereocenters. The highest BCUT2D eigenvalue weighted by molar-refractivity contribution is 5.94. The van der Waals surface area contributed by atoms with Gasteiger partial charge in [0.2, 0.25) is 5.91 Å². The first-order chi connectivity index (χ1) is 21.7. The Balaban J connectivity index is 1.31. The third kappa shape index (κ3) is 6.98. The molecule has 2 N–H and O–H groups in total. The topological polar surface area (TPSA) is 129 Å². The predicted octanol–water partition coefficient (Wildman–Crippen LogP) is 7.49. The summed E-state index contributed by atoms with van der Waals surface area (Å²) in [6.45, 7) is 11.6. The lowest BCUT2D eigenvalue weighted by Gasteiger charge is -2.40. The van der Waals surface area contributed by atoms with Crippen molar-refractivity contribution >= 4 is 39.9 Å². The van der Waals surface area contributed by atoms with Crippen molar-refractivity contribution in [1.82, 2.24) is 14.8 Å². The summed E-state index contributed by atoms with van der Waals surface area (Å²) in [6, 6.07) is 9.92. The fourth-order valence-electron chi connectivity index (χ4n) is 6.84. The van der Waals surface area contributed by atoms with Gasteiger partial charge >= 0.3 is 6.09 Å². The van der Waals surface area contributed by atoms with Gasteiger partial charge in [0.25, 0.3) is 5.69 Å². The van der Waals surface area contributed by atoms with Crippen LogP contribution in [0.1, 0.15) is 74.9 Å². The number of aromatic nitrogens is 1. The first-order valence-corrected chi connectivity index (χ1v) is 15.8. The number of benzene rings is 2. The van der Waals surface area contributed by atoms with Crippen LogP contribution >= 0.6 is 0 Å². The Labute approximate surface area is 268 Å². The van der Waals surface area contributed by atoms with Crippen LogP contribution in [0.15, 0.2) is 42.5 Å². The zero-order valence-corrected chi connectivity index (χ0v) is 27.1. The summed E-state index contributed by atoms with van der Waals surface area (Å²) in [5.74, 6) is -0.0659. The molecule has 2 amide bonds. The van der Waals surface area contributed by atoms with Crippen molar-refractivity contribution in [1.29, 1.82) is 0 Å². The largest absolute Gasteiger partial charge is 0.465 e. The molecule has 2 aromatic carbocycles. The maximum Gasteiger partial charge on any atom is 0.407 e. The minimum Gasteiger partial charge on any atom is -0.465 e. The highest BCUT2D eigenvalue weighted by atomic mass is 19.1. The molecular weight excluding hydrogens is 589 g/mol. The van der Waals surface area contributed by atoms with Gasteiger partial charge < -0.3 is 20.2 Å². The molecule has 0 aliphatic carbocycles. The second-order valence-corrected chi connectivity index (χ2v) is 13.4. The molecule has 1 aromatic heterocycles. The van der Waals surface area contributed by atoms with Gasteiger partial charge in [0.1, 0.15) is 5.82 Å². The fourth-order valence-corrected chi connectivity index (χ4v) is 6.84.